The molecule has 19 heavy (non-hydrogen) atoms. The largest absolute Gasteiger partial charge is 0.304 e. The Morgan fingerprint density at radius 3 is 2.68 bits per heavy atom. The molecular formula is C14H16F2N2S. The fourth-order valence-corrected chi connectivity index (χ4v) is 2.73. The second-order valence-corrected chi connectivity index (χ2v) is 5.28. The lowest BCUT2D eigenvalue weighted by Crippen LogP contribution is -2.23. The van der Waals surface area contributed by atoms with Gasteiger partial charge in [0.05, 0.1) is 6.04 Å². The highest BCUT2D eigenvalue weighted by molar-refractivity contribution is 7.09. The monoisotopic (exact) mass is 282 g/mol. The maximum Gasteiger partial charge on any atom is 0.159 e. The van der Waals surface area contributed by atoms with Gasteiger partial charge in [-0.05, 0) is 37.6 Å². The minimum absolute atomic E-state index is 0.186. The number of thiazole rings is 1. The first kappa shape index (κ1) is 14.1. The van der Waals surface area contributed by atoms with Crippen LogP contribution in [0.5, 0.6) is 0 Å². The summed E-state index contributed by atoms with van der Waals surface area (Å²) >= 11 is 1.52. The zero-order chi connectivity index (χ0) is 13.8. The lowest BCUT2D eigenvalue weighted by atomic mass is 10.1. The molecule has 2 rings (SSSR count). The molecular weight excluding hydrogens is 266 g/mol. The average Bonchev–Trinajstić information content (AvgIpc) is 2.80. The van der Waals surface area contributed by atoms with Crippen LogP contribution >= 0.6 is 11.3 Å². The number of rotatable bonds is 5. The van der Waals surface area contributed by atoms with Gasteiger partial charge in [0.15, 0.2) is 11.6 Å². The van der Waals surface area contributed by atoms with Crippen molar-refractivity contribution in [2.24, 2.45) is 0 Å². The van der Waals surface area contributed by atoms with Gasteiger partial charge in [0.2, 0.25) is 0 Å². The second-order valence-electron chi connectivity index (χ2n) is 4.39. The fraction of sp³-hybridized carbons (Fsp3) is 0.357. The zero-order valence-electron chi connectivity index (χ0n) is 10.9. The van der Waals surface area contributed by atoms with Crippen LogP contribution in [0.3, 0.4) is 0 Å². The van der Waals surface area contributed by atoms with Crippen LogP contribution < -0.4 is 5.32 Å². The van der Waals surface area contributed by atoms with Crippen LogP contribution in [0.1, 0.15) is 35.7 Å². The molecule has 0 amide bonds. The molecule has 0 fully saturated rings. The Kier molecular flexibility index (Phi) is 4.61. The molecule has 102 valence electrons. The first-order valence-corrected chi connectivity index (χ1v) is 7.10. The van der Waals surface area contributed by atoms with Crippen LogP contribution in [0.2, 0.25) is 0 Å². The summed E-state index contributed by atoms with van der Waals surface area (Å²) in [6.45, 7) is 4.77. The van der Waals surface area contributed by atoms with Gasteiger partial charge in [-0.15, -0.1) is 11.3 Å². The highest BCUT2D eigenvalue weighted by Crippen LogP contribution is 2.26. The van der Waals surface area contributed by atoms with Crippen molar-refractivity contribution >= 4 is 11.3 Å². The first-order valence-electron chi connectivity index (χ1n) is 6.22. The Hall–Kier alpha value is -1.33. The molecule has 0 aliphatic heterocycles. The van der Waals surface area contributed by atoms with Crippen molar-refractivity contribution in [1.82, 2.24) is 10.3 Å². The summed E-state index contributed by atoms with van der Waals surface area (Å²) in [6, 6.07) is 3.81. The molecule has 0 bridgehead atoms. The van der Waals surface area contributed by atoms with E-state index >= 15 is 0 Å². The standard InChI is InChI=1S/C14H16F2N2S/c1-3-6-17-13(14-18-9(2)8-19-14)10-4-5-11(15)12(16)7-10/h4-5,7-8,13,17H,3,6H2,1-2H3. The molecule has 1 aromatic heterocycles. The van der Waals surface area contributed by atoms with Crippen molar-refractivity contribution < 1.29 is 8.78 Å². The minimum Gasteiger partial charge on any atom is -0.304 e. The number of aromatic nitrogens is 1. The highest BCUT2D eigenvalue weighted by atomic mass is 32.1. The van der Waals surface area contributed by atoms with Gasteiger partial charge in [0.25, 0.3) is 0 Å². The summed E-state index contributed by atoms with van der Waals surface area (Å²) in [7, 11) is 0. The smallest absolute Gasteiger partial charge is 0.159 e. The van der Waals surface area contributed by atoms with Gasteiger partial charge >= 0.3 is 0 Å². The molecule has 0 saturated heterocycles. The normalized spacial score (nSPS) is 12.6. The molecule has 1 aromatic carbocycles. The van der Waals surface area contributed by atoms with E-state index in [0.29, 0.717) is 5.56 Å². The number of nitrogens with one attached hydrogen (secondary N) is 1. The maximum absolute atomic E-state index is 13.4. The summed E-state index contributed by atoms with van der Waals surface area (Å²) in [5.41, 5.74) is 1.63. The molecule has 0 aliphatic rings. The van der Waals surface area contributed by atoms with Crippen LogP contribution in [-0.2, 0) is 0 Å². The maximum atomic E-state index is 13.4. The summed E-state index contributed by atoms with van der Waals surface area (Å²) in [6.07, 6.45) is 0.963. The molecule has 0 saturated carbocycles. The molecule has 1 N–H and O–H groups in total. The van der Waals surface area contributed by atoms with E-state index in [1.54, 1.807) is 6.07 Å². The van der Waals surface area contributed by atoms with Gasteiger partial charge < -0.3 is 5.32 Å². The van der Waals surface area contributed by atoms with E-state index in [4.69, 9.17) is 0 Å². The van der Waals surface area contributed by atoms with Crippen LogP contribution in [-0.4, -0.2) is 11.5 Å². The third-order valence-corrected chi connectivity index (χ3v) is 3.79. The number of hydrogen-bond donors (Lipinski definition) is 1. The number of nitrogens with zero attached hydrogens (tertiary/aromatic N) is 1. The first-order chi connectivity index (χ1) is 9.11. The van der Waals surface area contributed by atoms with Crippen molar-refractivity contribution in [3.05, 3.63) is 51.5 Å². The van der Waals surface area contributed by atoms with Crippen molar-refractivity contribution in [2.75, 3.05) is 6.54 Å². The molecule has 0 radical (unpaired) electrons. The van der Waals surface area contributed by atoms with E-state index in [2.05, 4.69) is 17.2 Å². The predicted molar refractivity (Wildman–Crippen MR) is 73.3 cm³/mol. The lowest BCUT2D eigenvalue weighted by Gasteiger charge is -2.16. The summed E-state index contributed by atoms with van der Waals surface area (Å²) in [4.78, 5) is 4.43. The van der Waals surface area contributed by atoms with Crippen LogP contribution in [0.15, 0.2) is 23.6 Å². The van der Waals surface area contributed by atoms with Gasteiger partial charge in [-0.3, -0.25) is 0 Å². The van der Waals surface area contributed by atoms with Crippen LogP contribution in [0, 0.1) is 18.6 Å². The van der Waals surface area contributed by atoms with Crippen LogP contribution in [0.4, 0.5) is 8.78 Å². The lowest BCUT2D eigenvalue weighted by molar-refractivity contribution is 0.503. The molecule has 1 atom stereocenters. The molecule has 5 heteroatoms. The van der Waals surface area contributed by atoms with Gasteiger partial charge in [-0.25, -0.2) is 13.8 Å². The molecule has 0 aliphatic carbocycles. The highest BCUT2D eigenvalue weighted by Gasteiger charge is 2.18. The van der Waals surface area contributed by atoms with Crippen molar-refractivity contribution in [2.45, 2.75) is 26.3 Å². The average molecular weight is 282 g/mol. The number of halogens is 2. The predicted octanol–water partition coefficient (Wildman–Crippen LogP) is 3.82. The van der Waals surface area contributed by atoms with E-state index in [1.165, 1.54) is 17.4 Å². The fourth-order valence-electron chi connectivity index (χ4n) is 1.83. The zero-order valence-corrected chi connectivity index (χ0v) is 11.7. The molecule has 0 spiro atoms. The van der Waals surface area contributed by atoms with Gasteiger partial charge in [-0.2, -0.15) is 0 Å². The SMILES string of the molecule is CCCNC(c1ccc(F)c(F)c1)c1nc(C)cs1. The molecule has 2 aromatic rings. The Labute approximate surface area is 115 Å². The van der Waals surface area contributed by atoms with Crippen molar-refractivity contribution in [3.8, 4) is 0 Å². The minimum atomic E-state index is -0.826. The molecule has 1 unspecified atom stereocenters. The van der Waals surface area contributed by atoms with E-state index in [9.17, 15) is 8.78 Å². The van der Waals surface area contributed by atoms with E-state index in [-0.39, 0.29) is 6.04 Å². The Morgan fingerprint density at radius 1 is 1.32 bits per heavy atom. The Morgan fingerprint density at radius 2 is 2.11 bits per heavy atom. The summed E-state index contributed by atoms with van der Waals surface area (Å²) < 4.78 is 26.4. The van der Waals surface area contributed by atoms with E-state index < -0.39 is 11.6 Å². The topological polar surface area (TPSA) is 24.9 Å². The third kappa shape index (κ3) is 3.36. The van der Waals surface area contributed by atoms with Crippen molar-refractivity contribution in [3.63, 3.8) is 0 Å². The van der Waals surface area contributed by atoms with Gasteiger partial charge in [0, 0.05) is 11.1 Å². The van der Waals surface area contributed by atoms with Crippen LogP contribution in [0.25, 0.3) is 0 Å². The second kappa shape index (κ2) is 6.21. The van der Waals surface area contributed by atoms with E-state index in [1.807, 2.05) is 12.3 Å². The number of aryl methyl sites for hydroxylation is 1. The van der Waals surface area contributed by atoms with Crippen molar-refractivity contribution in [1.29, 1.82) is 0 Å². The number of benzene rings is 1. The Balaban J connectivity index is 2.33. The summed E-state index contributed by atoms with van der Waals surface area (Å²) in [5.74, 6) is -1.65. The third-order valence-electron chi connectivity index (χ3n) is 2.76. The Bertz CT molecular complexity index is 554. The summed E-state index contributed by atoms with van der Waals surface area (Å²) in [5, 5.41) is 6.15. The molecule has 1 heterocycles. The van der Waals surface area contributed by atoms with Gasteiger partial charge in [0.1, 0.15) is 5.01 Å². The van der Waals surface area contributed by atoms with Gasteiger partial charge in [-0.1, -0.05) is 13.0 Å². The molecule has 2 nitrogen and oxygen atoms in total. The van der Waals surface area contributed by atoms with E-state index in [0.717, 1.165) is 29.7 Å². The quantitative estimate of drug-likeness (QED) is 0.901. The number of hydrogen-bond acceptors (Lipinski definition) is 3.